The van der Waals surface area contributed by atoms with E-state index < -0.39 is 5.41 Å². The van der Waals surface area contributed by atoms with Crippen molar-refractivity contribution in [3.05, 3.63) is 41.0 Å². The Balaban J connectivity index is 1.90. The molecule has 1 aromatic rings. The highest BCUT2D eigenvalue weighted by molar-refractivity contribution is 6.03. The van der Waals surface area contributed by atoms with Crippen molar-refractivity contribution >= 4 is 11.5 Å². The van der Waals surface area contributed by atoms with Crippen molar-refractivity contribution in [3.63, 3.8) is 0 Å². The number of nitriles is 1. The SMILES string of the molecule is Cc1cccc(C)c1N1CC2(C=C(C#N)C(=O)C(C)(C)C2)C1. The van der Waals surface area contributed by atoms with Gasteiger partial charge in [-0.25, -0.2) is 0 Å². The molecule has 2 aliphatic rings. The van der Waals surface area contributed by atoms with Crippen molar-refractivity contribution in [1.29, 1.82) is 5.26 Å². The average Bonchev–Trinajstić information content (AvgIpc) is 2.40. The quantitative estimate of drug-likeness (QED) is 0.795. The lowest BCUT2D eigenvalue weighted by Crippen LogP contribution is -2.59. The molecule has 0 aromatic heterocycles. The number of carbonyl (C=O) groups is 1. The van der Waals surface area contributed by atoms with E-state index in [2.05, 4.69) is 43.0 Å². The highest BCUT2D eigenvalue weighted by atomic mass is 16.1. The minimum Gasteiger partial charge on any atom is -0.369 e. The molecule has 22 heavy (non-hydrogen) atoms. The summed E-state index contributed by atoms with van der Waals surface area (Å²) < 4.78 is 0. The molecule has 0 bridgehead atoms. The summed E-state index contributed by atoms with van der Waals surface area (Å²) >= 11 is 0. The Morgan fingerprint density at radius 2 is 1.77 bits per heavy atom. The molecular weight excluding hydrogens is 272 g/mol. The largest absolute Gasteiger partial charge is 0.369 e. The summed E-state index contributed by atoms with van der Waals surface area (Å²) in [5, 5.41) is 9.26. The molecule has 1 saturated heterocycles. The highest BCUT2D eigenvalue weighted by Gasteiger charge is 2.51. The minimum atomic E-state index is -0.438. The molecule has 114 valence electrons. The van der Waals surface area contributed by atoms with Gasteiger partial charge in [0, 0.05) is 29.6 Å². The first-order valence-electron chi connectivity index (χ1n) is 7.77. The Bertz CT molecular complexity index is 695. The first-order valence-corrected chi connectivity index (χ1v) is 7.77. The molecule has 3 heteroatoms. The second-order valence-electron chi connectivity index (χ2n) is 7.52. The molecule has 0 radical (unpaired) electrons. The number of para-hydroxylation sites is 1. The van der Waals surface area contributed by atoms with Gasteiger partial charge in [-0.05, 0) is 31.4 Å². The van der Waals surface area contributed by atoms with Gasteiger partial charge in [-0.2, -0.15) is 5.26 Å². The fourth-order valence-electron chi connectivity index (χ4n) is 4.21. The third-order valence-corrected chi connectivity index (χ3v) is 4.99. The van der Waals surface area contributed by atoms with Crippen molar-refractivity contribution in [1.82, 2.24) is 0 Å². The van der Waals surface area contributed by atoms with Crippen molar-refractivity contribution in [3.8, 4) is 6.07 Å². The molecule has 1 aromatic carbocycles. The summed E-state index contributed by atoms with van der Waals surface area (Å²) in [6, 6.07) is 8.46. The Morgan fingerprint density at radius 3 is 2.32 bits per heavy atom. The molecule has 3 nitrogen and oxygen atoms in total. The van der Waals surface area contributed by atoms with Crippen molar-refractivity contribution in [2.75, 3.05) is 18.0 Å². The molecule has 0 N–H and O–H groups in total. The number of aryl methyl sites for hydroxylation is 2. The van der Waals surface area contributed by atoms with Gasteiger partial charge in [0.05, 0.1) is 5.57 Å². The zero-order valence-electron chi connectivity index (χ0n) is 13.7. The maximum absolute atomic E-state index is 12.3. The summed E-state index contributed by atoms with van der Waals surface area (Å²) in [5.41, 5.74) is 3.74. The van der Waals surface area contributed by atoms with Crippen LogP contribution >= 0.6 is 0 Å². The standard InChI is InChI=1S/C19H22N2O/c1-13-6-5-7-14(2)16(13)21-11-19(12-21)8-15(9-20)17(22)18(3,4)10-19/h5-8H,10-12H2,1-4H3. The molecule has 1 spiro atoms. The molecule has 1 aliphatic heterocycles. The summed E-state index contributed by atoms with van der Waals surface area (Å²) in [5.74, 6) is -0.00820. The second-order valence-corrected chi connectivity index (χ2v) is 7.52. The first-order chi connectivity index (χ1) is 10.3. The van der Waals surface area contributed by atoms with Gasteiger partial charge in [0.1, 0.15) is 6.07 Å². The van der Waals surface area contributed by atoms with Crippen molar-refractivity contribution in [2.24, 2.45) is 10.8 Å². The second kappa shape index (κ2) is 4.71. The zero-order chi connectivity index (χ0) is 16.1. The number of hydrogen-bond acceptors (Lipinski definition) is 3. The van der Waals surface area contributed by atoms with Crippen LogP contribution in [0.4, 0.5) is 5.69 Å². The van der Waals surface area contributed by atoms with Gasteiger partial charge >= 0.3 is 0 Å². The lowest BCUT2D eigenvalue weighted by molar-refractivity contribution is -0.125. The fraction of sp³-hybridized carbons (Fsp3) is 0.474. The predicted octanol–water partition coefficient (Wildman–Crippen LogP) is 3.56. The van der Waals surface area contributed by atoms with E-state index in [4.69, 9.17) is 0 Å². The Morgan fingerprint density at radius 1 is 1.18 bits per heavy atom. The Hall–Kier alpha value is -2.08. The van der Waals surface area contributed by atoms with Gasteiger partial charge in [-0.1, -0.05) is 38.1 Å². The molecule has 1 fully saturated rings. The van der Waals surface area contributed by atoms with Gasteiger partial charge < -0.3 is 4.90 Å². The summed E-state index contributed by atoms with van der Waals surface area (Å²) in [6.45, 7) is 9.98. The monoisotopic (exact) mass is 294 g/mol. The van der Waals surface area contributed by atoms with E-state index in [9.17, 15) is 10.1 Å². The molecule has 0 saturated carbocycles. The minimum absolute atomic E-state index is 0.00820. The van der Waals surface area contributed by atoms with Gasteiger partial charge in [0.2, 0.25) is 0 Å². The van der Waals surface area contributed by atoms with Gasteiger partial charge in [0.25, 0.3) is 0 Å². The van der Waals surface area contributed by atoms with Crippen LogP contribution in [0.1, 0.15) is 31.4 Å². The van der Waals surface area contributed by atoms with Crippen LogP contribution in [0.25, 0.3) is 0 Å². The summed E-state index contributed by atoms with van der Waals surface area (Å²) in [7, 11) is 0. The third kappa shape index (κ3) is 2.14. The van der Waals surface area contributed by atoms with E-state index in [-0.39, 0.29) is 11.2 Å². The van der Waals surface area contributed by atoms with Crippen LogP contribution in [0.2, 0.25) is 0 Å². The molecule has 3 rings (SSSR count). The van der Waals surface area contributed by atoms with E-state index in [1.165, 1.54) is 16.8 Å². The molecule has 0 unspecified atom stereocenters. The maximum Gasteiger partial charge on any atom is 0.178 e. The van der Waals surface area contributed by atoms with Gasteiger partial charge in [-0.15, -0.1) is 0 Å². The van der Waals surface area contributed by atoms with Crippen LogP contribution in [0.3, 0.4) is 0 Å². The number of anilines is 1. The van der Waals surface area contributed by atoms with Crippen LogP contribution in [0, 0.1) is 36.0 Å². The van der Waals surface area contributed by atoms with Crippen LogP contribution in [0.5, 0.6) is 0 Å². The van der Waals surface area contributed by atoms with Crippen LogP contribution in [-0.4, -0.2) is 18.9 Å². The molecular formula is C19H22N2O. The number of allylic oxidation sites excluding steroid dienone is 1. The van der Waals surface area contributed by atoms with Crippen molar-refractivity contribution in [2.45, 2.75) is 34.1 Å². The molecule has 0 amide bonds. The fourth-order valence-corrected chi connectivity index (χ4v) is 4.21. The van der Waals surface area contributed by atoms with E-state index in [0.717, 1.165) is 19.5 Å². The summed E-state index contributed by atoms with van der Waals surface area (Å²) in [4.78, 5) is 14.6. The molecule has 1 aliphatic carbocycles. The smallest absolute Gasteiger partial charge is 0.178 e. The zero-order valence-corrected chi connectivity index (χ0v) is 13.7. The number of ketones is 1. The number of benzene rings is 1. The Kier molecular flexibility index (Phi) is 3.18. The maximum atomic E-state index is 12.3. The normalized spacial score (nSPS) is 22.0. The Labute approximate surface area is 132 Å². The number of rotatable bonds is 1. The lowest BCUT2D eigenvalue weighted by atomic mass is 9.61. The first kappa shape index (κ1) is 14.8. The number of nitrogens with zero attached hydrogens (tertiary/aromatic N) is 2. The molecule has 1 heterocycles. The van der Waals surface area contributed by atoms with Crippen LogP contribution in [-0.2, 0) is 4.79 Å². The number of carbonyl (C=O) groups excluding carboxylic acids is 1. The van der Waals surface area contributed by atoms with Crippen LogP contribution < -0.4 is 4.90 Å². The van der Waals surface area contributed by atoms with E-state index in [1.807, 2.05) is 19.9 Å². The predicted molar refractivity (Wildman–Crippen MR) is 87.7 cm³/mol. The topological polar surface area (TPSA) is 44.1 Å². The summed E-state index contributed by atoms with van der Waals surface area (Å²) in [6.07, 6.45) is 2.76. The third-order valence-electron chi connectivity index (χ3n) is 4.99. The number of hydrogen-bond donors (Lipinski definition) is 0. The number of Topliss-reactive ketones (excluding diaryl/α,β-unsaturated/α-hetero) is 1. The highest BCUT2D eigenvalue weighted by Crippen LogP contribution is 2.49. The lowest BCUT2D eigenvalue weighted by Gasteiger charge is -2.55. The van der Waals surface area contributed by atoms with Gasteiger partial charge in [0.15, 0.2) is 5.78 Å². The van der Waals surface area contributed by atoms with Gasteiger partial charge in [-0.3, -0.25) is 4.79 Å². The van der Waals surface area contributed by atoms with Crippen LogP contribution in [0.15, 0.2) is 29.8 Å². The van der Waals surface area contributed by atoms with E-state index in [1.54, 1.807) is 0 Å². The van der Waals surface area contributed by atoms with E-state index >= 15 is 0 Å². The van der Waals surface area contributed by atoms with Crippen molar-refractivity contribution < 1.29 is 4.79 Å². The van der Waals surface area contributed by atoms with E-state index in [0.29, 0.717) is 5.57 Å². The average molecular weight is 294 g/mol. The molecule has 0 atom stereocenters.